The highest BCUT2D eigenvalue weighted by molar-refractivity contribution is 5.74. The number of halogens is 3. The van der Waals surface area contributed by atoms with Crippen LogP contribution >= 0.6 is 0 Å². The van der Waals surface area contributed by atoms with Crippen molar-refractivity contribution in [3.63, 3.8) is 0 Å². The van der Waals surface area contributed by atoms with Gasteiger partial charge in [0, 0.05) is 25.6 Å². The number of rotatable bonds is 4. The fraction of sp³-hybridized carbons (Fsp3) is 0.438. The number of ether oxygens (including phenoxy) is 1. The summed E-state index contributed by atoms with van der Waals surface area (Å²) >= 11 is 0. The first-order valence-corrected chi connectivity index (χ1v) is 8.33. The van der Waals surface area contributed by atoms with E-state index in [1.807, 2.05) is 0 Å². The number of amides is 2. The van der Waals surface area contributed by atoms with Gasteiger partial charge in [0.2, 0.25) is 0 Å². The SMILES string of the molecule is O=C(NCc1ccc(OC(F)(F)F)cc1)NC1CCc2n[nH]c(=O)n2CC1. The van der Waals surface area contributed by atoms with Gasteiger partial charge in [0.15, 0.2) is 0 Å². The van der Waals surface area contributed by atoms with E-state index in [9.17, 15) is 22.8 Å². The molecule has 8 nitrogen and oxygen atoms in total. The van der Waals surface area contributed by atoms with Gasteiger partial charge in [-0.3, -0.25) is 4.57 Å². The fourth-order valence-electron chi connectivity index (χ4n) is 2.88. The summed E-state index contributed by atoms with van der Waals surface area (Å²) in [6.45, 7) is 0.627. The van der Waals surface area contributed by atoms with E-state index in [-0.39, 0.29) is 30.1 Å². The first-order valence-electron chi connectivity index (χ1n) is 8.33. The summed E-state index contributed by atoms with van der Waals surface area (Å²) in [6.07, 6.45) is -2.91. The quantitative estimate of drug-likeness (QED) is 0.745. The van der Waals surface area contributed by atoms with Crippen LogP contribution in [0.3, 0.4) is 0 Å². The average Bonchev–Trinajstić information content (AvgIpc) is 2.82. The van der Waals surface area contributed by atoms with Crippen molar-refractivity contribution in [1.82, 2.24) is 25.4 Å². The van der Waals surface area contributed by atoms with Crippen molar-refractivity contribution in [2.45, 2.75) is 44.8 Å². The van der Waals surface area contributed by atoms with Crippen LogP contribution in [0.4, 0.5) is 18.0 Å². The lowest BCUT2D eigenvalue weighted by Crippen LogP contribution is -2.42. The van der Waals surface area contributed by atoms with Gasteiger partial charge in [-0.15, -0.1) is 13.2 Å². The normalized spacial score (nSPS) is 16.9. The Morgan fingerprint density at radius 1 is 1.30 bits per heavy atom. The molecule has 1 unspecified atom stereocenters. The number of alkyl halides is 3. The molecule has 0 aliphatic carbocycles. The molecule has 0 bridgehead atoms. The lowest BCUT2D eigenvalue weighted by Gasteiger charge is -2.16. The van der Waals surface area contributed by atoms with E-state index in [4.69, 9.17) is 0 Å². The van der Waals surface area contributed by atoms with Crippen molar-refractivity contribution in [3.05, 3.63) is 46.1 Å². The molecule has 1 aliphatic rings. The van der Waals surface area contributed by atoms with Crippen molar-refractivity contribution in [1.29, 1.82) is 0 Å². The smallest absolute Gasteiger partial charge is 0.406 e. The van der Waals surface area contributed by atoms with E-state index in [1.54, 1.807) is 4.57 Å². The van der Waals surface area contributed by atoms with Crippen molar-refractivity contribution in [2.24, 2.45) is 0 Å². The first-order chi connectivity index (χ1) is 12.8. The van der Waals surface area contributed by atoms with Crippen LogP contribution in [-0.4, -0.2) is 33.2 Å². The number of aromatic amines is 1. The zero-order chi connectivity index (χ0) is 19.4. The Morgan fingerprint density at radius 2 is 2.04 bits per heavy atom. The number of nitrogens with zero attached hydrogens (tertiary/aromatic N) is 2. The molecule has 146 valence electrons. The number of hydrogen-bond acceptors (Lipinski definition) is 4. The molecule has 2 amide bonds. The van der Waals surface area contributed by atoms with E-state index >= 15 is 0 Å². The van der Waals surface area contributed by atoms with Crippen LogP contribution in [0.5, 0.6) is 5.75 Å². The van der Waals surface area contributed by atoms with E-state index in [2.05, 4.69) is 25.6 Å². The number of hydrogen-bond donors (Lipinski definition) is 3. The van der Waals surface area contributed by atoms with Crippen LogP contribution in [0.15, 0.2) is 29.1 Å². The third-order valence-electron chi connectivity index (χ3n) is 4.20. The van der Waals surface area contributed by atoms with E-state index < -0.39 is 6.36 Å². The molecule has 11 heteroatoms. The number of carbonyl (C=O) groups excluding carboxylic acids is 1. The Bertz CT molecular complexity index is 844. The molecule has 2 heterocycles. The summed E-state index contributed by atoms with van der Waals surface area (Å²) in [5.41, 5.74) is 0.375. The van der Waals surface area contributed by atoms with Gasteiger partial charge in [-0.2, -0.15) is 5.10 Å². The number of fused-ring (bicyclic) bond motifs is 1. The molecule has 1 aliphatic heterocycles. The second kappa shape index (κ2) is 7.72. The third kappa shape index (κ3) is 5.25. The molecule has 3 rings (SSSR count). The maximum absolute atomic E-state index is 12.1. The Hall–Kier alpha value is -2.98. The molecule has 3 N–H and O–H groups in total. The highest BCUT2D eigenvalue weighted by Gasteiger charge is 2.30. The minimum atomic E-state index is -4.74. The summed E-state index contributed by atoms with van der Waals surface area (Å²) in [6, 6.07) is 4.77. The Balaban J connectivity index is 1.45. The highest BCUT2D eigenvalue weighted by atomic mass is 19.4. The molecule has 0 saturated heterocycles. The number of urea groups is 1. The molecular weight excluding hydrogens is 367 g/mol. The monoisotopic (exact) mass is 385 g/mol. The Morgan fingerprint density at radius 3 is 2.74 bits per heavy atom. The lowest BCUT2D eigenvalue weighted by molar-refractivity contribution is -0.274. The molecule has 1 aromatic carbocycles. The third-order valence-corrected chi connectivity index (χ3v) is 4.20. The van der Waals surface area contributed by atoms with Gasteiger partial charge in [-0.1, -0.05) is 12.1 Å². The van der Waals surface area contributed by atoms with Gasteiger partial charge < -0.3 is 15.4 Å². The summed E-state index contributed by atoms with van der Waals surface area (Å²) in [5.74, 6) is 0.354. The van der Waals surface area contributed by atoms with Crippen LogP contribution < -0.4 is 21.1 Å². The van der Waals surface area contributed by atoms with Crippen LogP contribution in [-0.2, 0) is 19.5 Å². The van der Waals surface area contributed by atoms with Crippen LogP contribution in [0.1, 0.15) is 24.2 Å². The standard InChI is InChI=1S/C16H18F3N5O3/c17-16(18,19)27-12-4-1-10(2-5-12)9-20-14(25)21-11-3-6-13-22-23-15(26)24(13)8-7-11/h1-2,4-5,11H,3,6-9H2,(H,23,26)(H2,20,21,25). The maximum Gasteiger partial charge on any atom is 0.573 e. The number of H-pyrrole nitrogens is 1. The van der Waals surface area contributed by atoms with Crippen molar-refractivity contribution in [2.75, 3.05) is 0 Å². The molecule has 2 aromatic rings. The minimum absolute atomic E-state index is 0.103. The summed E-state index contributed by atoms with van der Waals surface area (Å²) in [4.78, 5) is 23.6. The molecule has 0 fully saturated rings. The van der Waals surface area contributed by atoms with Gasteiger partial charge in [0.25, 0.3) is 0 Å². The molecule has 1 atom stereocenters. The summed E-state index contributed by atoms with van der Waals surface area (Å²) < 4.78 is 41.7. The average molecular weight is 385 g/mol. The van der Waals surface area contributed by atoms with E-state index in [0.29, 0.717) is 37.2 Å². The molecular formula is C16H18F3N5O3. The molecule has 1 aromatic heterocycles. The van der Waals surface area contributed by atoms with Crippen LogP contribution in [0, 0.1) is 0 Å². The molecule has 0 saturated carbocycles. The summed E-state index contributed by atoms with van der Waals surface area (Å²) in [5, 5.41) is 11.9. The Labute approximate surface area is 151 Å². The lowest BCUT2D eigenvalue weighted by atomic mass is 10.1. The van der Waals surface area contributed by atoms with Crippen LogP contribution in [0.25, 0.3) is 0 Å². The van der Waals surface area contributed by atoms with E-state index in [0.717, 1.165) is 0 Å². The topological polar surface area (TPSA) is 101 Å². The Kier molecular flexibility index (Phi) is 5.38. The maximum atomic E-state index is 12.1. The van der Waals surface area contributed by atoms with Gasteiger partial charge in [-0.25, -0.2) is 14.7 Å². The second-order valence-electron chi connectivity index (χ2n) is 6.14. The van der Waals surface area contributed by atoms with Gasteiger partial charge in [-0.05, 0) is 30.5 Å². The van der Waals surface area contributed by atoms with Crippen LogP contribution in [0.2, 0.25) is 0 Å². The molecule has 27 heavy (non-hydrogen) atoms. The molecule has 0 spiro atoms. The number of carbonyl (C=O) groups is 1. The molecule has 0 radical (unpaired) electrons. The number of aryl methyl sites for hydroxylation is 1. The number of aromatic nitrogens is 3. The zero-order valence-corrected chi connectivity index (χ0v) is 14.2. The highest BCUT2D eigenvalue weighted by Crippen LogP contribution is 2.22. The zero-order valence-electron chi connectivity index (χ0n) is 14.2. The van der Waals surface area contributed by atoms with Crippen molar-refractivity contribution >= 4 is 6.03 Å². The first kappa shape index (κ1) is 18.8. The fourth-order valence-corrected chi connectivity index (χ4v) is 2.88. The van der Waals surface area contributed by atoms with E-state index in [1.165, 1.54) is 24.3 Å². The van der Waals surface area contributed by atoms with Crippen molar-refractivity contribution in [3.8, 4) is 5.75 Å². The second-order valence-corrected chi connectivity index (χ2v) is 6.14. The van der Waals surface area contributed by atoms with Gasteiger partial charge in [0.1, 0.15) is 11.6 Å². The minimum Gasteiger partial charge on any atom is -0.406 e. The summed E-state index contributed by atoms with van der Waals surface area (Å²) in [7, 11) is 0. The largest absolute Gasteiger partial charge is 0.573 e. The van der Waals surface area contributed by atoms with Crippen molar-refractivity contribution < 1.29 is 22.7 Å². The number of nitrogens with one attached hydrogen (secondary N) is 3. The number of benzene rings is 1. The predicted molar refractivity (Wildman–Crippen MR) is 88.1 cm³/mol. The van der Waals surface area contributed by atoms with Gasteiger partial charge >= 0.3 is 18.1 Å². The van der Waals surface area contributed by atoms with Gasteiger partial charge in [0.05, 0.1) is 0 Å². The predicted octanol–water partition coefficient (Wildman–Crippen LogP) is 1.67.